The molecule has 0 aromatic heterocycles. The van der Waals surface area contributed by atoms with Crippen molar-refractivity contribution >= 4 is 11.9 Å². The first-order chi connectivity index (χ1) is 7.14. The first kappa shape index (κ1) is 12.9. The van der Waals surface area contributed by atoms with E-state index in [0.717, 1.165) is 0 Å². The van der Waals surface area contributed by atoms with E-state index in [1.165, 1.54) is 13.8 Å². The Balaban J connectivity index is 2.35. The summed E-state index contributed by atoms with van der Waals surface area (Å²) >= 11 is 0. The zero-order valence-electron chi connectivity index (χ0n) is 9.22. The van der Waals surface area contributed by atoms with Crippen LogP contribution in [0.5, 0.6) is 0 Å². The third-order valence-electron chi connectivity index (χ3n) is 2.74. The Hall–Kier alpha value is -1.20. The molecule has 1 rings (SSSR count). The van der Waals surface area contributed by atoms with Crippen molar-refractivity contribution in [3.63, 3.8) is 0 Å². The lowest BCUT2D eigenvalue weighted by Crippen LogP contribution is -2.48. The highest BCUT2D eigenvalue weighted by molar-refractivity contribution is 5.81. The first-order valence-electron chi connectivity index (χ1n) is 5.03. The molecule has 0 bridgehead atoms. The molecule has 0 aliphatic heterocycles. The maximum Gasteiger partial charge on any atom is 0.310 e. The summed E-state index contributed by atoms with van der Waals surface area (Å²) in [5.74, 6) is -4.93. The summed E-state index contributed by atoms with van der Waals surface area (Å²) in [7, 11) is 0. The molecule has 16 heavy (non-hydrogen) atoms. The van der Waals surface area contributed by atoms with Crippen molar-refractivity contribution in [3.05, 3.63) is 0 Å². The SMILES string of the molecule is CC(C)(CNC(=O)C1CC(F)(F)C1)C(=O)O. The molecule has 1 fully saturated rings. The molecule has 92 valence electrons. The number of carboxylic acids is 1. The van der Waals surface area contributed by atoms with E-state index in [1.54, 1.807) is 0 Å². The average molecular weight is 235 g/mol. The van der Waals surface area contributed by atoms with Gasteiger partial charge in [0.2, 0.25) is 11.8 Å². The number of carbonyl (C=O) groups excluding carboxylic acids is 1. The Morgan fingerprint density at radius 3 is 2.31 bits per heavy atom. The second kappa shape index (κ2) is 3.99. The van der Waals surface area contributed by atoms with Crippen LogP contribution in [0.1, 0.15) is 26.7 Å². The quantitative estimate of drug-likeness (QED) is 0.770. The summed E-state index contributed by atoms with van der Waals surface area (Å²) < 4.78 is 25.0. The minimum Gasteiger partial charge on any atom is -0.481 e. The average Bonchev–Trinajstić information content (AvgIpc) is 2.10. The van der Waals surface area contributed by atoms with E-state index >= 15 is 0 Å². The summed E-state index contributed by atoms with van der Waals surface area (Å²) in [6.07, 6.45) is -0.876. The van der Waals surface area contributed by atoms with Gasteiger partial charge in [0, 0.05) is 25.3 Å². The van der Waals surface area contributed by atoms with E-state index in [0.29, 0.717) is 0 Å². The van der Waals surface area contributed by atoms with Crippen LogP contribution in [0.15, 0.2) is 0 Å². The lowest BCUT2D eigenvalue weighted by Gasteiger charge is -2.34. The van der Waals surface area contributed by atoms with Crippen LogP contribution >= 0.6 is 0 Å². The Bertz CT molecular complexity index is 307. The fourth-order valence-corrected chi connectivity index (χ4v) is 1.37. The van der Waals surface area contributed by atoms with Gasteiger partial charge >= 0.3 is 5.97 Å². The Labute approximate surface area is 92.0 Å². The molecule has 0 radical (unpaired) electrons. The van der Waals surface area contributed by atoms with E-state index in [2.05, 4.69) is 5.32 Å². The molecule has 0 unspecified atom stereocenters. The van der Waals surface area contributed by atoms with Crippen molar-refractivity contribution in [1.29, 1.82) is 0 Å². The van der Waals surface area contributed by atoms with Crippen LogP contribution < -0.4 is 5.32 Å². The van der Waals surface area contributed by atoms with Gasteiger partial charge in [-0.1, -0.05) is 0 Å². The highest BCUT2D eigenvalue weighted by Gasteiger charge is 2.48. The van der Waals surface area contributed by atoms with Crippen LogP contribution in [0.3, 0.4) is 0 Å². The fourth-order valence-electron chi connectivity index (χ4n) is 1.37. The molecule has 6 heteroatoms. The summed E-state index contributed by atoms with van der Waals surface area (Å²) in [6, 6.07) is 0. The zero-order chi connectivity index (χ0) is 12.6. The molecule has 2 N–H and O–H groups in total. The number of nitrogens with one attached hydrogen (secondary N) is 1. The molecule has 0 aromatic carbocycles. The van der Waals surface area contributed by atoms with Gasteiger partial charge in [-0.05, 0) is 13.8 Å². The topological polar surface area (TPSA) is 66.4 Å². The van der Waals surface area contributed by atoms with Crippen LogP contribution in [0.2, 0.25) is 0 Å². The van der Waals surface area contributed by atoms with Crippen LogP contribution in [0, 0.1) is 11.3 Å². The maximum absolute atomic E-state index is 12.5. The maximum atomic E-state index is 12.5. The first-order valence-corrected chi connectivity index (χ1v) is 5.03. The highest BCUT2D eigenvalue weighted by atomic mass is 19.3. The number of carboxylic acid groups (broad SMARTS) is 1. The summed E-state index contributed by atoms with van der Waals surface area (Å²) in [5.41, 5.74) is -1.08. The molecule has 1 aliphatic rings. The molecular weight excluding hydrogens is 220 g/mol. The smallest absolute Gasteiger partial charge is 0.310 e. The standard InChI is InChI=1S/C10H15F2NO3/c1-9(2,8(15)16)5-13-7(14)6-3-10(11,12)4-6/h6H,3-5H2,1-2H3,(H,13,14)(H,15,16). The van der Waals surface area contributed by atoms with Crippen molar-refractivity contribution in [2.24, 2.45) is 11.3 Å². The van der Waals surface area contributed by atoms with E-state index in [9.17, 15) is 18.4 Å². The van der Waals surface area contributed by atoms with Gasteiger partial charge in [-0.15, -0.1) is 0 Å². The van der Waals surface area contributed by atoms with Crippen molar-refractivity contribution in [1.82, 2.24) is 5.32 Å². The normalized spacial score (nSPS) is 20.0. The lowest BCUT2D eigenvalue weighted by atomic mass is 9.80. The van der Waals surface area contributed by atoms with Gasteiger partial charge in [0.25, 0.3) is 0 Å². The van der Waals surface area contributed by atoms with Crippen LogP contribution in [0.4, 0.5) is 8.78 Å². The number of alkyl halides is 2. The van der Waals surface area contributed by atoms with Gasteiger partial charge in [-0.2, -0.15) is 0 Å². The second-order valence-electron chi connectivity index (χ2n) is 4.87. The van der Waals surface area contributed by atoms with Gasteiger partial charge in [0.15, 0.2) is 0 Å². The molecular formula is C10H15F2NO3. The van der Waals surface area contributed by atoms with Gasteiger partial charge in [-0.25, -0.2) is 8.78 Å². The van der Waals surface area contributed by atoms with Crippen LogP contribution in [-0.4, -0.2) is 29.5 Å². The minimum absolute atomic E-state index is 0.0523. The Kier molecular flexibility index (Phi) is 3.21. The number of hydrogen-bond donors (Lipinski definition) is 2. The fraction of sp³-hybridized carbons (Fsp3) is 0.800. The van der Waals surface area contributed by atoms with Crippen molar-refractivity contribution in [3.8, 4) is 0 Å². The summed E-state index contributed by atoms with van der Waals surface area (Å²) in [6.45, 7) is 2.87. The number of carbonyl (C=O) groups is 2. The van der Waals surface area contributed by atoms with Gasteiger partial charge in [0.1, 0.15) is 0 Å². The van der Waals surface area contributed by atoms with E-state index < -0.39 is 42.0 Å². The zero-order valence-corrected chi connectivity index (χ0v) is 9.22. The van der Waals surface area contributed by atoms with Gasteiger partial charge in [-0.3, -0.25) is 9.59 Å². The number of halogens is 2. The van der Waals surface area contributed by atoms with E-state index in [4.69, 9.17) is 5.11 Å². The van der Waals surface area contributed by atoms with Gasteiger partial charge < -0.3 is 10.4 Å². The minimum atomic E-state index is -2.73. The molecule has 0 spiro atoms. The second-order valence-corrected chi connectivity index (χ2v) is 4.87. The largest absolute Gasteiger partial charge is 0.481 e. The summed E-state index contributed by atoms with van der Waals surface area (Å²) in [5, 5.41) is 11.2. The van der Waals surface area contributed by atoms with Crippen LogP contribution in [0.25, 0.3) is 0 Å². The molecule has 4 nitrogen and oxygen atoms in total. The number of rotatable bonds is 4. The Morgan fingerprint density at radius 2 is 1.94 bits per heavy atom. The van der Waals surface area contributed by atoms with Crippen molar-refractivity contribution < 1.29 is 23.5 Å². The molecule has 0 atom stereocenters. The monoisotopic (exact) mass is 235 g/mol. The van der Waals surface area contributed by atoms with Gasteiger partial charge in [0.05, 0.1) is 5.41 Å². The lowest BCUT2D eigenvalue weighted by molar-refractivity contribution is -0.152. The van der Waals surface area contributed by atoms with Crippen molar-refractivity contribution in [2.45, 2.75) is 32.6 Å². The number of amides is 1. The summed E-state index contributed by atoms with van der Waals surface area (Å²) in [4.78, 5) is 22.1. The number of hydrogen-bond acceptors (Lipinski definition) is 2. The predicted octanol–water partition coefficient (Wildman–Crippen LogP) is 1.26. The van der Waals surface area contributed by atoms with Crippen molar-refractivity contribution in [2.75, 3.05) is 6.54 Å². The third kappa shape index (κ3) is 2.90. The Morgan fingerprint density at radius 1 is 1.44 bits per heavy atom. The molecule has 1 saturated carbocycles. The van der Waals surface area contributed by atoms with E-state index in [-0.39, 0.29) is 6.54 Å². The number of aliphatic carboxylic acids is 1. The molecule has 1 aliphatic carbocycles. The molecule has 0 aromatic rings. The molecule has 0 saturated heterocycles. The highest BCUT2D eigenvalue weighted by Crippen LogP contribution is 2.42. The molecule has 0 heterocycles. The predicted molar refractivity (Wildman–Crippen MR) is 52.1 cm³/mol. The van der Waals surface area contributed by atoms with Crippen LogP contribution in [-0.2, 0) is 9.59 Å². The van der Waals surface area contributed by atoms with E-state index in [1.807, 2.05) is 0 Å². The third-order valence-corrected chi connectivity index (χ3v) is 2.74. The molecule has 1 amide bonds.